The van der Waals surface area contributed by atoms with Crippen molar-refractivity contribution in [3.63, 3.8) is 0 Å². The van der Waals surface area contributed by atoms with Crippen molar-refractivity contribution < 1.29 is 13.2 Å². The van der Waals surface area contributed by atoms with Crippen LogP contribution in [0.2, 0.25) is 0 Å². The van der Waals surface area contributed by atoms with E-state index in [-0.39, 0.29) is 23.4 Å². The van der Waals surface area contributed by atoms with Crippen LogP contribution in [-0.2, 0) is 21.2 Å². The Morgan fingerprint density at radius 2 is 1.47 bits per heavy atom. The van der Waals surface area contributed by atoms with Gasteiger partial charge < -0.3 is 5.32 Å². The second-order valence-corrected chi connectivity index (χ2v) is 8.87. The molecule has 0 unspecified atom stereocenters. The van der Waals surface area contributed by atoms with E-state index in [1.165, 1.54) is 4.31 Å². The first kappa shape index (κ1) is 21.6. The number of carbonyl (C=O) groups excluding carboxylic acids is 1. The molecule has 156 valence electrons. The highest BCUT2D eigenvalue weighted by molar-refractivity contribution is 7.92. The summed E-state index contributed by atoms with van der Waals surface area (Å²) in [6.45, 7) is 3.54. The maximum Gasteiger partial charge on any atom is 0.264 e. The molecule has 0 aliphatic carbocycles. The van der Waals surface area contributed by atoms with Crippen molar-refractivity contribution in [1.29, 1.82) is 0 Å². The van der Waals surface area contributed by atoms with Crippen LogP contribution in [0.4, 0.5) is 5.69 Å². The molecule has 1 amide bonds. The molecular weight excluding hydrogens is 396 g/mol. The zero-order chi connectivity index (χ0) is 21.6. The predicted molar refractivity (Wildman–Crippen MR) is 120 cm³/mol. The van der Waals surface area contributed by atoms with Crippen LogP contribution in [0, 0.1) is 0 Å². The average molecular weight is 423 g/mol. The van der Waals surface area contributed by atoms with Gasteiger partial charge in [0, 0.05) is 0 Å². The lowest BCUT2D eigenvalue weighted by molar-refractivity contribution is -0.120. The Bertz CT molecular complexity index is 1080. The summed E-state index contributed by atoms with van der Waals surface area (Å²) in [7, 11) is -3.91. The molecule has 5 nitrogen and oxygen atoms in total. The summed E-state index contributed by atoms with van der Waals surface area (Å²) in [5.41, 5.74) is 2.34. The largest absolute Gasteiger partial charge is 0.348 e. The van der Waals surface area contributed by atoms with E-state index in [1.807, 2.05) is 56.3 Å². The van der Waals surface area contributed by atoms with E-state index < -0.39 is 10.0 Å². The van der Waals surface area contributed by atoms with E-state index in [9.17, 15) is 13.2 Å². The van der Waals surface area contributed by atoms with Crippen molar-refractivity contribution in [3.05, 3.63) is 96.1 Å². The molecule has 0 radical (unpaired) electrons. The minimum Gasteiger partial charge on any atom is -0.348 e. The zero-order valence-corrected chi connectivity index (χ0v) is 18.0. The number of hydrogen-bond donors (Lipinski definition) is 1. The van der Waals surface area contributed by atoms with Gasteiger partial charge in [-0.2, -0.15) is 0 Å². The van der Waals surface area contributed by atoms with E-state index in [1.54, 1.807) is 42.5 Å². The third kappa shape index (κ3) is 4.89. The fraction of sp³-hybridized carbons (Fsp3) is 0.208. The lowest BCUT2D eigenvalue weighted by atomic mass is 10.1. The van der Waals surface area contributed by atoms with Crippen molar-refractivity contribution in [2.75, 3.05) is 10.8 Å². The molecule has 0 fully saturated rings. The molecule has 0 aliphatic heterocycles. The van der Waals surface area contributed by atoms with Crippen molar-refractivity contribution in [3.8, 4) is 0 Å². The van der Waals surface area contributed by atoms with E-state index >= 15 is 0 Å². The highest BCUT2D eigenvalue weighted by Crippen LogP contribution is 2.27. The first-order chi connectivity index (χ1) is 14.4. The first-order valence-corrected chi connectivity index (χ1v) is 11.4. The van der Waals surface area contributed by atoms with E-state index in [4.69, 9.17) is 0 Å². The molecule has 6 heteroatoms. The Hall–Kier alpha value is -3.12. The number of hydrogen-bond acceptors (Lipinski definition) is 3. The minimum absolute atomic E-state index is 0.153. The monoisotopic (exact) mass is 422 g/mol. The van der Waals surface area contributed by atoms with Gasteiger partial charge in [0.15, 0.2) is 0 Å². The summed E-state index contributed by atoms with van der Waals surface area (Å²) in [5, 5.41) is 2.91. The molecular formula is C24H26N2O3S. The number of benzene rings is 3. The smallest absolute Gasteiger partial charge is 0.264 e. The zero-order valence-electron chi connectivity index (χ0n) is 17.2. The summed E-state index contributed by atoms with van der Waals surface area (Å²) in [5.74, 6) is -0.364. The quantitative estimate of drug-likeness (QED) is 0.588. The molecule has 0 spiro atoms. The van der Waals surface area contributed by atoms with Crippen LogP contribution < -0.4 is 9.62 Å². The Labute approximate surface area is 178 Å². The van der Waals surface area contributed by atoms with Gasteiger partial charge >= 0.3 is 0 Å². The molecule has 0 aliphatic rings. The maximum absolute atomic E-state index is 13.4. The van der Waals surface area contributed by atoms with Gasteiger partial charge in [-0.15, -0.1) is 0 Å². The number of sulfonamides is 1. The van der Waals surface area contributed by atoms with Crippen molar-refractivity contribution >= 4 is 21.6 Å². The molecule has 1 N–H and O–H groups in total. The highest BCUT2D eigenvalue weighted by Gasteiger charge is 2.28. The number of aryl methyl sites for hydroxylation is 1. The van der Waals surface area contributed by atoms with Gasteiger partial charge in [-0.05, 0) is 42.7 Å². The van der Waals surface area contributed by atoms with Crippen LogP contribution in [0.1, 0.15) is 31.0 Å². The lowest BCUT2D eigenvalue weighted by Crippen LogP contribution is -2.42. The van der Waals surface area contributed by atoms with E-state index in [2.05, 4.69) is 5.32 Å². The number of carbonyl (C=O) groups is 1. The molecule has 0 heterocycles. The Kier molecular flexibility index (Phi) is 6.90. The van der Waals surface area contributed by atoms with Gasteiger partial charge in [0.1, 0.15) is 6.54 Å². The van der Waals surface area contributed by atoms with Gasteiger partial charge in [-0.1, -0.05) is 73.7 Å². The third-order valence-electron chi connectivity index (χ3n) is 4.94. The standard InChI is InChI=1S/C24H26N2O3S/c1-3-20-12-10-11-17-23(20)26(30(28,29)22-15-8-5-9-16-22)18-24(27)25-19(2)21-13-6-4-7-14-21/h4-17,19H,3,18H2,1-2H3,(H,25,27)/t19-/m1/s1. The molecule has 0 bridgehead atoms. The van der Waals surface area contributed by atoms with Crippen molar-refractivity contribution in [2.24, 2.45) is 0 Å². The van der Waals surface area contributed by atoms with Crippen LogP contribution >= 0.6 is 0 Å². The van der Waals surface area contributed by atoms with Crippen molar-refractivity contribution in [1.82, 2.24) is 5.32 Å². The second kappa shape index (κ2) is 9.59. The summed E-state index contributed by atoms with van der Waals surface area (Å²) in [4.78, 5) is 13.0. The van der Waals surface area contributed by atoms with Crippen LogP contribution in [0.3, 0.4) is 0 Å². The highest BCUT2D eigenvalue weighted by atomic mass is 32.2. The number of nitrogens with zero attached hydrogens (tertiary/aromatic N) is 1. The molecule has 3 rings (SSSR count). The molecule has 3 aromatic carbocycles. The van der Waals surface area contributed by atoms with Gasteiger partial charge in [-0.25, -0.2) is 8.42 Å². The number of amides is 1. The number of nitrogens with one attached hydrogen (secondary N) is 1. The maximum atomic E-state index is 13.4. The molecule has 0 saturated heterocycles. The molecule has 0 aromatic heterocycles. The fourth-order valence-electron chi connectivity index (χ4n) is 3.32. The van der Waals surface area contributed by atoms with Gasteiger partial charge in [0.2, 0.25) is 5.91 Å². The van der Waals surface area contributed by atoms with Crippen LogP contribution in [0.15, 0.2) is 89.8 Å². The number of para-hydroxylation sites is 1. The average Bonchev–Trinajstić information content (AvgIpc) is 2.78. The topological polar surface area (TPSA) is 66.5 Å². The summed E-state index contributed by atoms with van der Waals surface area (Å²) in [6, 6.07) is 24.8. The van der Waals surface area contributed by atoms with Crippen molar-refractivity contribution in [2.45, 2.75) is 31.2 Å². The van der Waals surface area contributed by atoms with E-state index in [0.29, 0.717) is 12.1 Å². The molecule has 30 heavy (non-hydrogen) atoms. The first-order valence-electron chi connectivity index (χ1n) is 9.93. The van der Waals surface area contributed by atoms with Crippen LogP contribution in [-0.4, -0.2) is 20.9 Å². The molecule has 3 aromatic rings. The van der Waals surface area contributed by atoms with Gasteiger partial charge in [-0.3, -0.25) is 9.10 Å². The van der Waals surface area contributed by atoms with Crippen LogP contribution in [0.25, 0.3) is 0 Å². The Morgan fingerprint density at radius 1 is 0.900 bits per heavy atom. The summed E-state index contributed by atoms with van der Waals surface area (Å²) in [6.07, 6.45) is 0.652. The van der Waals surface area contributed by atoms with Gasteiger partial charge in [0.25, 0.3) is 10.0 Å². The molecule has 1 atom stereocenters. The number of anilines is 1. The minimum atomic E-state index is -3.91. The second-order valence-electron chi connectivity index (χ2n) is 7.01. The molecule has 0 saturated carbocycles. The Morgan fingerprint density at radius 3 is 2.10 bits per heavy atom. The van der Waals surface area contributed by atoms with E-state index in [0.717, 1.165) is 11.1 Å². The number of rotatable bonds is 8. The lowest BCUT2D eigenvalue weighted by Gasteiger charge is -2.27. The predicted octanol–water partition coefficient (Wildman–Crippen LogP) is 4.32. The third-order valence-corrected chi connectivity index (χ3v) is 6.71. The van der Waals surface area contributed by atoms with Crippen LogP contribution in [0.5, 0.6) is 0 Å². The summed E-state index contributed by atoms with van der Waals surface area (Å²) >= 11 is 0. The normalized spacial score (nSPS) is 12.2. The SMILES string of the molecule is CCc1ccccc1N(CC(=O)N[C@H](C)c1ccccc1)S(=O)(=O)c1ccccc1. The fourth-order valence-corrected chi connectivity index (χ4v) is 4.79. The summed E-state index contributed by atoms with van der Waals surface area (Å²) < 4.78 is 28.1. The Balaban J connectivity index is 1.93. The van der Waals surface area contributed by atoms with Gasteiger partial charge in [0.05, 0.1) is 16.6 Å².